The Kier molecular flexibility index (Phi) is 6.03. The Bertz CT molecular complexity index is 1000. The summed E-state index contributed by atoms with van der Waals surface area (Å²) in [4.78, 5) is 27.2. The third-order valence-electron chi connectivity index (χ3n) is 4.28. The summed E-state index contributed by atoms with van der Waals surface area (Å²) in [6.45, 7) is 0.0634. The molecule has 2 aromatic carbocycles. The van der Waals surface area contributed by atoms with Crippen LogP contribution in [0.4, 0.5) is 18.9 Å². The molecule has 0 bridgehead atoms. The minimum absolute atomic E-state index is 0.0634. The van der Waals surface area contributed by atoms with E-state index in [-0.39, 0.29) is 12.5 Å². The number of carbonyl (C=O) groups excluding carboxylic acids is 2. The summed E-state index contributed by atoms with van der Waals surface area (Å²) in [7, 11) is 1.59. The van der Waals surface area contributed by atoms with Gasteiger partial charge >= 0.3 is 6.18 Å². The zero-order valence-electron chi connectivity index (χ0n) is 15.4. The minimum Gasteiger partial charge on any atom is -0.348 e. The molecule has 3 aromatic rings. The highest BCUT2D eigenvalue weighted by molar-refractivity contribution is 7.12. The topological polar surface area (TPSA) is 49.4 Å². The molecule has 1 N–H and O–H groups in total. The lowest BCUT2D eigenvalue weighted by Gasteiger charge is -2.20. The van der Waals surface area contributed by atoms with Gasteiger partial charge in [0, 0.05) is 13.6 Å². The molecule has 0 unspecified atom stereocenters. The quantitative estimate of drug-likeness (QED) is 0.636. The summed E-state index contributed by atoms with van der Waals surface area (Å²) in [6, 6.07) is 14.7. The predicted molar refractivity (Wildman–Crippen MR) is 106 cm³/mol. The van der Waals surface area contributed by atoms with Crippen molar-refractivity contribution in [1.29, 1.82) is 0 Å². The number of thiophene rings is 1. The van der Waals surface area contributed by atoms with Crippen LogP contribution in [0, 0.1) is 0 Å². The van der Waals surface area contributed by atoms with E-state index in [9.17, 15) is 22.8 Å². The third kappa shape index (κ3) is 4.83. The number of alkyl halides is 3. The number of benzene rings is 2. The Labute approximate surface area is 169 Å². The molecular formula is C21H17F3N2O2S. The van der Waals surface area contributed by atoms with E-state index in [4.69, 9.17) is 0 Å². The summed E-state index contributed by atoms with van der Waals surface area (Å²) in [5, 5.41) is 4.48. The summed E-state index contributed by atoms with van der Waals surface area (Å²) < 4.78 is 37.9. The number of hydrogen-bond acceptors (Lipinski definition) is 3. The van der Waals surface area contributed by atoms with E-state index in [0.29, 0.717) is 21.7 Å². The first-order valence-corrected chi connectivity index (χ1v) is 9.50. The highest BCUT2D eigenvalue weighted by atomic mass is 32.1. The van der Waals surface area contributed by atoms with Crippen LogP contribution < -0.4 is 10.2 Å². The lowest BCUT2D eigenvalue weighted by Crippen LogP contribution is -2.30. The van der Waals surface area contributed by atoms with Crippen LogP contribution in [-0.4, -0.2) is 18.9 Å². The number of nitrogens with zero attached hydrogens (tertiary/aromatic N) is 1. The molecule has 0 fully saturated rings. The molecule has 0 saturated heterocycles. The number of rotatable bonds is 5. The standard InChI is InChI=1S/C21H17F3N2O2S/c1-26(20(28)18-7-4-12-29-18)17-6-3-2-5-16(17)19(27)25-13-14-8-10-15(11-9-14)21(22,23)24/h2-12H,13H2,1H3,(H,25,27). The summed E-state index contributed by atoms with van der Waals surface area (Å²) in [6.07, 6.45) is -4.40. The molecule has 0 spiro atoms. The molecule has 4 nitrogen and oxygen atoms in total. The van der Waals surface area contributed by atoms with Gasteiger partial charge in [-0.15, -0.1) is 11.3 Å². The average Bonchev–Trinajstić information content (AvgIpc) is 3.25. The molecule has 29 heavy (non-hydrogen) atoms. The summed E-state index contributed by atoms with van der Waals surface area (Å²) in [5.41, 5.74) is 0.529. The molecule has 150 valence electrons. The van der Waals surface area contributed by atoms with Gasteiger partial charge in [-0.25, -0.2) is 0 Å². The molecule has 0 saturated carbocycles. The largest absolute Gasteiger partial charge is 0.416 e. The van der Waals surface area contributed by atoms with E-state index >= 15 is 0 Å². The van der Waals surface area contributed by atoms with Gasteiger partial charge in [-0.3, -0.25) is 9.59 Å². The van der Waals surface area contributed by atoms with Crippen LogP contribution in [-0.2, 0) is 12.7 Å². The van der Waals surface area contributed by atoms with Crippen molar-refractivity contribution in [3.63, 3.8) is 0 Å². The van der Waals surface area contributed by atoms with Gasteiger partial charge in [0.15, 0.2) is 0 Å². The van der Waals surface area contributed by atoms with Crippen molar-refractivity contribution in [2.45, 2.75) is 12.7 Å². The Morgan fingerprint density at radius 1 is 1.00 bits per heavy atom. The van der Waals surface area contributed by atoms with Crippen molar-refractivity contribution in [2.75, 3.05) is 11.9 Å². The van der Waals surface area contributed by atoms with Crippen molar-refractivity contribution in [3.05, 3.63) is 87.6 Å². The highest BCUT2D eigenvalue weighted by Crippen LogP contribution is 2.29. The monoisotopic (exact) mass is 418 g/mol. The molecule has 1 heterocycles. The molecule has 0 aliphatic rings. The van der Waals surface area contributed by atoms with Crippen molar-refractivity contribution in [1.82, 2.24) is 5.32 Å². The SMILES string of the molecule is CN(C(=O)c1cccs1)c1ccccc1C(=O)NCc1ccc(C(F)(F)F)cc1. The molecule has 0 radical (unpaired) electrons. The fourth-order valence-corrected chi connectivity index (χ4v) is 3.42. The van der Waals surface area contributed by atoms with Gasteiger partial charge in [0.1, 0.15) is 0 Å². The Hall–Kier alpha value is -3.13. The fraction of sp³-hybridized carbons (Fsp3) is 0.143. The molecule has 1 aromatic heterocycles. The van der Waals surface area contributed by atoms with Gasteiger partial charge < -0.3 is 10.2 Å². The normalized spacial score (nSPS) is 11.2. The molecular weight excluding hydrogens is 401 g/mol. The number of anilines is 1. The molecule has 0 aliphatic carbocycles. The number of nitrogens with one attached hydrogen (secondary N) is 1. The number of halogens is 3. The first-order valence-electron chi connectivity index (χ1n) is 8.62. The maximum atomic E-state index is 12.7. The number of carbonyl (C=O) groups is 2. The minimum atomic E-state index is -4.40. The summed E-state index contributed by atoms with van der Waals surface area (Å²) >= 11 is 1.31. The lowest BCUT2D eigenvalue weighted by molar-refractivity contribution is -0.137. The van der Waals surface area contributed by atoms with Gasteiger partial charge in [0.05, 0.1) is 21.7 Å². The number of hydrogen-bond donors (Lipinski definition) is 1. The second-order valence-corrected chi connectivity index (χ2v) is 7.18. The Balaban J connectivity index is 1.72. The molecule has 3 rings (SSSR count). The van der Waals surface area contributed by atoms with Gasteiger partial charge in [-0.2, -0.15) is 13.2 Å². The van der Waals surface area contributed by atoms with Crippen LogP contribution in [0.3, 0.4) is 0 Å². The second-order valence-electron chi connectivity index (χ2n) is 6.24. The Morgan fingerprint density at radius 2 is 1.69 bits per heavy atom. The zero-order chi connectivity index (χ0) is 21.0. The van der Waals surface area contributed by atoms with Gasteiger partial charge in [0.25, 0.3) is 11.8 Å². The predicted octanol–water partition coefficient (Wildman–Crippen LogP) is 4.97. The summed E-state index contributed by atoms with van der Waals surface area (Å²) in [5.74, 6) is -0.658. The third-order valence-corrected chi connectivity index (χ3v) is 5.14. The first kappa shape index (κ1) is 20.6. The average molecular weight is 418 g/mol. The van der Waals surface area contributed by atoms with Gasteiger partial charge in [-0.05, 0) is 41.3 Å². The maximum Gasteiger partial charge on any atom is 0.416 e. The van der Waals surface area contributed by atoms with Crippen molar-refractivity contribution < 1.29 is 22.8 Å². The molecule has 0 atom stereocenters. The van der Waals surface area contributed by atoms with Crippen LogP contribution >= 0.6 is 11.3 Å². The smallest absolute Gasteiger partial charge is 0.348 e. The lowest BCUT2D eigenvalue weighted by atomic mass is 10.1. The van der Waals surface area contributed by atoms with E-state index in [0.717, 1.165) is 12.1 Å². The molecule has 8 heteroatoms. The number of amides is 2. The molecule has 2 amide bonds. The fourth-order valence-electron chi connectivity index (χ4n) is 2.72. The van der Waals surface area contributed by atoms with Crippen molar-refractivity contribution >= 4 is 28.8 Å². The first-order chi connectivity index (χ1) is 13.8. The zero-order valence-corrected chi connectivity index (χ0v) is 16.2. The van der Waals surface area contributed by atoms with Crippen LogP contribution in [0.15, 0.2) is 66.0 Å². The second kappa shape index (κ2) is 8.48. The van der Waals surface area contributed by atoms with E-state index in [1.807, 2.05) is 0 Å². The number of para-hydroxylation sites is 1. The van der Waals surface area contributed by atoms with E-state index in [1.165, 1.54) is 28.4 Å². The maximum absolute atomic E-state index is 12.7. The highest BCUT2D eigenvalue weighted by Gasteiger charge is 2.30. The van der Waals surface area contributed by atoms with Crippen molar-refractivity contribution in [3.8, 4) is 0 Å². The Morgan fingerprint density at radius 3 is 2.31 bits per heavy atom. The van der Waals surface area contributed by atoms with Crippen LogP contribution in [0.1, 0.15) is 31.2 Å². The molecule has 0 aliphatic heterocycles. The van der Waals surface area contributed by atoms with E-state index in [1.54, 1.807) is 48.8 Å². The van der Waals surface area contributed by atoms with E-state index < -0.39 is 17.6 Å². The van der Waals surface area contributed by atoms with E-state index in [2.05, 4.69) is 5.32 Å². The van der Waals surface area contributed by atoms with Crippen LogP contribution in [0.2, 0.25) is 0 Å². The van der Waals surface area contributed by atoms with Crippen LogP contribution in [0.25, 0.3) is 0 Å². The van der Waals surface area contributed by atoms with Gasteiger partial charge in [-0.1, -0.05) is 30.3 Å². The van der Waals surface area contributed by atoms with Crippen molar-refractivity contribution in [2.24, 2.45) is 0 Å². The van der Waals surface area contributed by atoms with Crippen LogP contribution in [0.5, 0.6) is 0 Å². The van der Waals surface area contributed by atoms with Gasteiger partial charge in [0.2, 0.25) is 0 Å².